The molecule has 2 amide bonds. The largest absolute Gasteiger partial charge is 0.335 e. The van der Waals surface area contributed by atoms with E-state index in [0.29, 0.717) is 6.04 Å². The van der Waals surface area contributed by atoms with Gasteiger partial charge in [-0.25, -0.2) is 4.79 Å². The number of nitrogens with zero attached hydrogens (tertiary/aromatic N) is 1. The van der Waals surface area contributed by atoms with Crippen LogP contribution in [0.4, 0.5) is 10.5 Å². The molecule has 1 fully saturated rings. The molecule has 1 heterocycles. The van der Waals surface area contributed by atoms with Crippen molar-refractivity contribution in [1.82, 2.24) is 10.2 Å². The number of amides is 2. The lowest BCUT2D eigenvalue weighted by Crippen LogP contribution is -2.44. The number of hydrogen-bond acceptors (Lipinski definition) is 2. The third-order valence-corrected chi connectivity index (χ3v) is 3.68. The van der Waals surface area contributed by atoms with E-state index in [2.05, 4.69) is 35.6 Å². The molecule has 4 heteroatoms. The number of benzene rings is 1. The van der Waals surface area contributed by atoms with Gasteiger partial charge in [-0.1, -0.05) is 17.7 Å². The number of nitrogens with one attached hydrogen (secondary N) is 2. The fourth-order valence-corrected chi connectivity index (χ4v) is 2.45. The second kappa shape index (κ2) is 6.06. The number of anilines is 1. The van der Waals surface area contributed by atoms with Crippen LogP contribution >= 0.6 is 0 Å². The van der Waals surface area contributed by atoms with Gasteiger partial charge >= 0.3 is 6.03 Å². The second-order valence-corrected chi connectivity index (χ2v) is 5.49. The molecule has 1 aliphatic rings. The molecule has 104 valence electrons. The molecule has 0 saturated carbocycles. The Morgan fingerprint density at radius 1 is 1.26 bits per heavy atom. The Balaban J connectivity index is 1.87. The average Bonchev–Trinajstić information content (AvgIpc) is 2.36. The van der Waals surface area contributed by atoms with Crippen LogP contribution < -0.4 is 10.6 Å². The van der Waals surface area contributed by atoms with Crippen molar-refractivity contribution in [2.75, 3.05) is 25.5 Å². The van der Waals surface area contributed by atoms with E-state index in [1.54, 1.807) is 0 Å². The normalized spacial score (nSPS) is 17.2. The van der Waals surface area contributed by atoms with E-state index in [4.69, 9.17) is 0 Å². The van der Waals surface area contributed by atoms with Gasteiger partial charge in [-0.2, -0.15) is 0 Å². The lowest BCUT2D eigenvalue weighted by Gasteiger charge is -2.29. The van der Waals surface area contributed by atoms with Gasteiger partial charge in [0.2, 0.25) is 0 Å². The van der Waals surface area contributed by atoms with Crippen LogP contribution in [0.5, 0.6) is 0 Å². The predicted octanol–water partition coefficient (Wildman–Crippen LogP) is 2.52. The zero-order valence-corrected chi connectivity index (χ0v) is 12.0. The standard InChI is InChI=1S/C15H23N3O/c1-11-4-5-14(12(2)10-11)17-15(19)16-13-6-8-18(3)9-7-13/h4-5,10,13H,6-9H2,1-3H3,(H2,16,17,19). The predicted molar refractivity (Wildman–Crippen MR) is 78.6 cm³/mol. The van der Waals surface area contributed by atoms with Gasteiger partial charge in [0.25, 0.3) is 0 Å². The van der Waals surface area contributed by atoms with E-state index in [9.17, 15) is 4.79 Å². The number of rotatable bonds is 2. The number of piperidine rings is 1. The minimum atomic E-state index is -0.0958. The summed E-state index contributed by atoms with van der Waals surface area (Å²) in [6.45, 7) is 6.16. The minimum absolute atomic E-state index is 0.0958. The third kappa shape index (κ3) is 3.96. The van der Waals surface area contributed by atoms with Crippen molar-refractivity contribution < 1.29 is 4.79 Å². The molecule has 0 radical (unpaired) electrons. The maximum Gasteiger partial charge on any atom is 0.319 e. The first-order valence-electron chi connectivity index (χ1n) is 6.88. The molecule has 1 aromatic carbocycles. The van der Waals surface area contributed by atoms with E-state index in [1.165, 1.54) is 5.56 Å². The molecule has 2 rings (SSSR count). The Kier molecular flexibility index (Phi) is 4.43. The van der Waals surface area contributed by atoms with Crippen molar-refractivity contribution in [1.29, 1.82) is 0 Å². The SMILES string of the molecule is Cc1ccc(NC(=O)NC2CCN(C)CC2)c(C)c1. The summed E-state index contributed by atoms with van der Waals surface area (Å²) in [5.41, 5.74) is 3.19. The second-order valence-electron chi connectivity index (χ2n) is 5.49. The van der Waals surface area contributed by atoms with Gasteiger partial charge in [0.15, 0.2) is 0 Å². The molecule has 0 aromatic heterocycles. The molecule has 19 heavy (non-hydrogen) atoms. The first kappa shape index (κ1) is 13.9. The summed E-state index contributed by atoms with van der Waals surface area (Å²) in [5.74, 6) is 0. The van der Waals surface area contributed by atoms with Crippen molar-refractivity contribution in [2.24, 2.45) is 0 Å². The van der Waals surface area contributed by atoms with Crippen LogP contribution in [-0.4, -0.2) is 37.1 Å². The van der Waals surface area contributed by atoms with Crippen molar-refractivity contribution >= 4 is 11.7 Å². The molecule has 2 N–H and O–H groups in total. The molecule has 4 nitrogen and oxygen atoms in total. The molecule has 1 saturated heterocycles. The minimum Gasteiger partial charge on any atom is -0.335 e. The van der Waals surface area contributed by atoms with E-state index < -0.39 is 0 Å². The fourth-order valence-electron chi connectivity index (χ4n) is 2.45. The van der Waals surface area contributed by atoms with E-state index in [-0.39, 0.29) is 6.03 Å². The van der Waals surface area contributed by atoms with Crippen molar-refractivity contribution in [2.45, 2.75) is 32.7 Å². The zero-order chi connectivity index (χ0) is 13.8. The zero-order valence-electron chi connectivity index (χ0n) is 12.0. The average molecular weight is 261 g/mol. The van der Waals surface area contributed by atoms with Crippen LogP contribution in [0, 0.1) is 13.8 Å². The quantitative estimate of drug-likeness (QED) is 0.859. The van der Waals surface area contributed by atoms with Gasteiger partial charge in [-0.3, -0.25) is 0 Å². The Bertz CT molecular complexity index is 451. The molecule has 1 aromatic rings. The summed E-state index contributed by atoms with van der Waals surface area (Å²) < 4.78 is 0. The highest BCUT2D eigenvalue weighted by Gasteiger charge is 2.18. The van der Waals surface area contributed by atoms with Gasteiger partial charge in [0.05, 0.1) is 0 Å². The molecule has 0 bridgehead atoms. The number of carbonyl (C=O) groups is 1. The highest BCUT2D eigenvalue weighted by Crippen LogP contribution is 2.16. The molecule has 1 aliphatic heterocycles. The summed E-state index contributed by atoms with van der Waals surface area (Å²) in [6.07, 6.45) is 2.05. The first-order chi connectivity index (χ1) is 9.04. The van der Waals surface area contributed by atoms with Crippen LogP contribution in [0.3, 0.4) is 0 Å². The van der Waals surface area contributed by atoms with Crippen LogP contribution in [0.2, 0.25) is 0 Å². The summed E-state index contributed by atoms with van der Waals surface area (Å²) >= 11 is 0. The van der Waals surface area contributed by atoms with E-state index >= 15 is 0 Å². The first-order valence-corrected chi connectivity index (χ1v) is 6.88. The highest BCUT2D eigenvalue weighted by molar-refractivity contribution is 5.90. The van der Waals surface area contributed by atoms with Crippen LogP contribution in [0.25, 0.3) is 0 Å². The number of hydrogen-bond donors (Lipinski definition) is 2. The summed E-state index contributed by atoms with van der Waals surface area (Å²) in [6, 6.07) is 6.24. The topological polar surface area (TPSA) is 44.4 Å². The van der Waals surface area contributed by atoms with Crippen molar-refractivity contribution in [3.8, 4) is 0 Å². The van der Waals surface area contributed by atoms with Crippen LogP contribution in [0.1, 0.15) is 24.0 Å². The fraction of sp³-hybridized carbons (Fsp3) is 0.533. The molecule has 0 atom stereocenters. The Morgan fingerprint density at radius 3 is 2.58 bits per heavy atom. The maximum atomic E-state index is 12.0. The van der Waals surface area contributed by atoms with Gasteiger partial charge in [-0.05, 0) is 58.5 Å². The maximum absolute atomic E-state index is 12.0. The number of urea groups is 1. The van der Waals surface area contributed by atoms with Gasteiger partial charge in [0, 0.05) is 11.7 Å². The summed E-state index contributed by atoms with van der Waals surface area (Å²) in [4.78, 5) is 14.3. The van der Waals surface area contributed by atoms with E-state index in [1.807, 2.05) is 19.1 Å². The Labute approximate surface area is 115 Å². The lowest BCUT2D eigenvalue weighted by molar-refractivity contribution is 0.221. The van der Waals surface area contributed by atoms with Gasteiger partial charge in [0.1, 0.15) is 0 Å². The van der Waals surface area contributed by atoms with Crippen LogP contribution in [0.15, 0.2) is 18.2 Å². The van der Waals surface area contributed by atoms with Crippen molar-refractivity contribution in [3.05, 3.63) is 29.3 Å². The van der Waals surface area contributed by atoms with Gasteiger partial charge < -0.3 is 15.5 Å². The smallest absolute Gasteiger partial charge is 0.319 e. The molecule has 0 spiro atoms. The van der Waals surface area contributed by atoms with Gasteiger partial charge in [-0.15, -0.1) is 0 Å². The van der Waals surface area contributed by atoms with E-state index in [0.717, 1.165) is 37.2 Å². The monoisotopic (exact) mass is 261 g/mol. The highest BCUT2D eigenvalue weighted by atomic mass is 16.2. The van der Waals surface area contributed by atoms with Crippen LogP contribution in [-0.2, 0) is 0 Å². The molecule has 0 unspecified atom stereocenters. The summed E-state index contributed by atoms with van der Waals surface area (Å²) in [5, 5.41) is 5.99. The molecular weight excluding hydrogens is 238 g/mol. The Morgan fingerprint density at radius 2 is 1.95 bits per heavy atom. The Hall–Kier alpha value is -1.55. The summed E-state index contributed by atoms with van der Waals surface area (Å²) in [7, 11) is 2.12. The number of aryl methyl sites for hydroxylation is 2. The molecule has 0 aliphatic carbocycles. The number of likely N-dealkylation sites (tertiary alicyclic amines) is 1. The van der Waals surface area contributed by atoms with Crippen molar-refractivity contribution in [3.63, 3.8) is 0 Å². The number of carbonyl (C=O) groups excluding carboxylic acids is 1. The third-order valence-electron chi connectivity index (χ3n) is 3.68. The molecular formula is C15H23N3O. The lowest BCUT2D eigenvalue weighted by atomic mass is 10.1.